The van der Waals surface area contributed by atoms with E-state index in [-0.39, 0.29) is 0 Å². The number of nitrogens with one attached hydrogen (secondary N) is 1. The van der Waals surface area contributed by atoms with Gasteiger partial charge in [-0.05, 0) is 18.3 Å². The smallest absolute Gasteiger partial charge is 0.0261 e. The van der Waals surface area contributed by atoms with Crippen molar-refractivity contribution in [2.45, 2.75) is 19.8 Å². The van der Waals surface area contributed by atoms with Crippen molar-refractivity contribution in [3.8, 4) is 0 Å². The van der Waals surface area contributed by atoms with Gasteiger partial charge in [-0.2, -0.15) is 0 Å². The molecule has 0 amide bonds. The van der Waals surface area contributed by atoms with Crippen LogP contribution in [0.5, 0.6) is 0 Å². The summed E-state index contributed by atoms with van der Waals surface area (Å²) in [6.45, 7) is 2.92. The molecule has 0 saturated heterocycles. The average molecular weight is 101 g/mol. The van der Waals surface area contributed by atoms with E-state index in [1.807, 2.05) is 0 Å². The van der Waals surface area contributed by atoms with Gasteiger partial charge in [-0.3, -0.25) is 0 Å². The van der Waals surface area contributed by atoms with Gasteiger partial charge in [0.1, 0.15) is 0 Å². The lowest BCUT2D eigenvalue weighted by molar-refractivity contribution is 0.147. The van der Waals surface area contributed by atoms with Crippen molar-refractivity contribution in [1.29, 1.82) is 0 Å². The molecule has 0 spiro atoms. The molecule has 1 fully saturated rings. The quantitative estimate of drug-likeness (QED) is 0.503. The highest BCUT2D eigenvalue weighted by atomic mass is 16.5. The molecule has 2 nitrogen and oxygen atoms in total. The second-order valence-electron chi connectivity index (χ2n) is 2.65. The van der Waals surface area contributed by atoms with Crippen molar-refractivity contribution < 1.29 is 5.21 Å². The second kappa shape index (κ2) is 1.46. The van der Waals surface area contributed by atoms with Gasteiger partial charge in [0.25, 0.3) is 0 Å². The predicted molar refractivity (Wildman–Crippen MR) is 27.1 cm³/mol. The molecule has 0 aromatic heterocycles. The van der Waals surface area contributed by atoms with Crippen molar-refractivity contribution in [2.24, 2.45) is 5.41 Å². The third kappa shape index (κ3) is 1.14. The summed E-state index contributed by atoms with van der Waals surface area (Å²) in [5, 5.41) is 8.19. The van der Waals surface area contributed by atoms with Crippen molar-refractivity contribution >= 4 is 0 Å². The highest BCUT2D eigenvalue weighted by Crippen LogP contribution is 2.43. The summed E-state index contributed by atoms with van der Waals surface area (Å²) in [5.41, 5.74) is 2.61. The minimum atomic E-state index is 0.439. The van der Waals surface area contributed by atoms with Crippen molar-refractivity contribution in [3.63, 3.8) is 0 Å². The van der Waals surface area contributed by atoms with Crippen LogP contribution in [0.1, 0.15) is 19.8 Å². The van der Waals surface area contributed by atoms with Crippen LogP contribution in [0.2, 0.25) is 0 Å². The Hall–Kier alpha value is -0.0800. The van der Waals surface area contributed by atoms with E-state index in [1.165, 1.54) is 12.8 Å². The molecule has 42 valence electrons. The SMILES string of the molecule is CC1(CNO)CC1. The van der Waals surface area contributed by atoms with E-state index in [9.17, 15) is 0 Å². The molecule has 1 aliphatic rings. The summed E-state index contributed by atoms with van der Waals surface area (Å²) >= 11 is 0. The Morgan fingerprint density at radius 2 is 2.29 bits per heavy atom. The van der Waals surface area contributed by atoms with Crippen molar-refractivity contribution in [3.05, 3.63) is 0 Å². The molecule has 0 unspecified atom stereocenters. The Bertz CT molecular complexity index is 68.5. The van der Waals surface area contributed by atoms with E-state index >= 15 is 0 Å². The van der Waals surface area contributed by atoms with Crippen molar-refractivity contribution in [2.75, 3.05) is 6.54 Å². The fourth-order valence-electron chi connectivity index (χ4n) is 0.581. The predicted octanol–water partition coefficient (Wildman–Crippen LogP) is 0.765. The number of rotatable bonds is 2. The highest BCUT2D eigenvalue weighted by Gasteiger charge is 2.36. The lowest BCUT2D eigenvalue weighted by Gasteiger charge is -2.02. The van der Waals surface area contributed by atoms with Crippen LogP contribution in [0, 0.1) is 5.41 Å². The van der Waals surface area contributed by atoms with E-state index in [2.05, 4.69) is 12.4 Å². The molecule has 0 aromatic rings. The third-order valence-electron chi connectivity index (χ3n) is 1.61. The maximum absolute atomic E-state index is 8.19. The molecular weight excluding hydrogens is 90.1 g/mol. The first kappa shape index (κ1) is 5.06. The number of hydrogen-bond acceptors (Lipinski definition) is 2. The molecule has 0 atom stereocenters. The average Bonchev–Trinajstić information content (AvgIpc) is 2.22. The van der Waals surface area contributed by atoms with Gasteiger partial charge in [-0.15, -0.1) is 0 Å². The Kier molecular flexibility index (Phi) is 1.05. The first-order valence-corrected chi connectivity index (χ1v) is 2.64. The fourth-order valence-corrected chi connectivity index (χ4v) is 0.581. The monoisotopic (exact) mass is 101 g/mol. The van der Waals surface area contributed by atoms with Gasteiger partial charge in [0, 0.05) is 6.54 Å². The summed E-state index contributed by atoms with van der Waals surface area (Å²) in [5.74, 6) is 0. The van der Waals surface area contributed by atoms with Gasteiger partial charge in [0.2, 0.25) is 0 Å². The maximum atomic E-state index is 8.19. The largest absolute Gasteiger partial charge is 0.317 e. The zero-order valence-electron chi connectivity index (χ0n) is 4.57. The fraction of sp³-hybridized carbons (Fsp3) is 1.00. The number of hydroxylamine groups is 1. The molecule has 7 heavy (non-hydrogen) atoms. The first-order chi connectivity index (χ1) is 3.27. The van der Waals surface area contributed by atoms with Gasteiger partial charge < -0.3 is 5.21 Å². The van der Waals surface area contributed by atoms with E-state index in [4.69, 9.17) is 5.21 Å². The standard InChI is InChI=1S/C5H11NO/c1-5(2-3-5)4-6-7/h6-7H,2-4H2,1H3. The van der Waals surface area contributed by atoms with E-state index < -0.39 is 0 Å². The molecule has 2 heteroatoms. The second-order valence-corrected chi connectivity index (χ2v) is 2.65. The molecule has 0 aliphatic heterocycles. The van der Waals surface area contributed by atoms with Crippen LogP contribution in [0.3, 0.4) is 0 Å². The van der Waals surface area contributed by atoms with E-state index in [0.29, 0.717) is 5.41 Å². The summed E-state index contributed by atoms with van der Waals surface area (Å²) in [6.07, 6.45) is 2.53. The van der Waals surface area contributed by atoms with Gasteiger partial charge in [-0.25, -0.2) is 5.48 Å². The normalized spacial score (nSPS) is 24.9. The van der Waals surface area contributed by atoms with Gasteiger partial charge >= 0.3 is 0 Å². The Balaban J connectivity index is 2.13. The minimum absolute atomic E-state index is 0.439. The van der Waals surface area contributed by atoms with Crippen LogP contribution in [0.25, 0.3) is 0 Å². The topological polar surface area (TPSA) is 32.3 Å². The molecule has 1 aliphatic carbocycles. The van der Waals surface area contributed by atoms with Gasteiger partial charge in [0.05, 0.1) is 0 Å². The minimum Gasteiger partial charge on any atom is -0.317 e. The lowest BCUT2D eigenvalue weighted by atomic mass is 10.1. The molecule has 2 N–H and O–H groups in total. The summed E-state index contributed by atoms with van der Waals surface area (Å²) < 4.78 is 0. The third-order valence-corrected chi connectivity index (χ3v) is 1.61. The highest BCUT2D eigenvalue weighted by molar-refractivity contribution is 4.88. The lowest BCUT2D eigenvalue weighted by Crippen LogP contribution is -2.17. The van der Waals surface area contributed by atoms with E-state index in [0.717, 1.165) is 6.54 Å². The summed E-state index contributed by atoms with van der Waals surface area (Å²) in [7, 11) is 0. The Morgan fingerprint density at radius 3 is 2.43 bits per heavy atom. The van der Waals surface area contributed by atoms with Crippen LogP contribution in [-0.4, -0.2) is 11.8 Å². The molecule has 0 bridgehead atoms. The molecule has 1 saturated carbocycles. The maximum Gasteiger partial charge on any atom is 0.0261 e. The zero-order chi connectivity index (χ0) is 5.33. The molecular formula is C5H11NO. The Labute approximate surface area is 43.5 Å². The molecule has 0 radical (unpaired) electrons. The molecule has 0 aromatic carbocycles. The molecule has 1 rings (SSSR count). The summed E-state index contributed by atoms with van der Waals surface area (Å²) in [4.78, 5) is 0. The van der Waals surface area contributed by atoms with E-state index in [1.54, 1.807) is 0 Å². The van der Waals surface area contributed by atoms with Crippen molar-refractivity contribution in [1.82, 2.24) is 5.48 Å². The molecule has 0 heterocycles. The van der Waals surface area contributed by atoms with Crippen LogP contribution in [0.15, 0.2) is 0 Å². The number of hydrogen-bond donors (Lipinski definition) is 2. The van der Waals surface area contributed by atoms with Crippen LogP contribution in [-0.2, 0) is 0 Å². The van der Waals surface area contributed by atoms with Gasteiger partial charge in [0.15, 0.2) is 0 Å². The summed E-state index contributed by atoms with van der Waals surface area (Å²) in [6, 6.07) is 0. The van der Waals surface area contributed by atoms with Crippen LogP contribution >= 0.6 is 0 Å². The van der Waals surface area contributed by atoms with Gasteiger partial charge in [-0.1, -0.05) is 6.92 Å². The van der Waals surface area contributed by atoms with Crippen LogP contribution < -0.4 is 5.48 Å². The van der Waals surface area contributed by atoms with Crippen LogP contribution in [0.4, 0.5) is 0 Å². The first-order valence-electron chi connectivity index (χ1n) is 2.64. The zero-order valence-corrected chi connectivity index (χ0v) is 4.57. The Morgan fingerprint density at radius 1 is 1.71 bits per heavy atom.